The molecule has 1 amide bonds. The second-order valence-corrected chi connectivity index (χ2v) is 6.74. The van der Waals surface area contributed by atoms with Crippen molar-refractivity contribution in [3.63, 3.8) is 0 Å². The Balaban J connectivity index is 1.67. The summed E-state index contributed by atoms with van der Waals surface area (Å²) in [6.45, 7) is 0.470. The van der Waals surface area contributed by atoms with Crippen molar-refractivity contribution < 1.29 is 15.0 Å². The van der Waals surface area contributed by atoms with Gasteiger partial charge < -0.3 is 15.1 Å². The Hall–Kier alpha value is -1.55. The fourth-order valence-corrected chi connectivity index (χ4v) is 3.99. The fraction of sp³-hybridized carbons (Fsp3) is 0.611. The maximum Gasteiger partial charge on any atom is 0.227 e. The van der Waals surface area contributed by atoms with Crippen LogP contribution >= 0.6 is 0 Å². The van der Waals surface area contributed by atoms with E-state index in [9.17, 15) is 15.0 Å². The molecule has 1 aromatic rings. The van der Waals surface area contributed by atoms with Crippen molar-refractivity contribution >= 4 is 5.91 Å². The predicted molar refractivity (Wildman–Crippen MR) is 84.5 cm³/mol. The lowest BCUT2D eigenvalue weighted by atomic mass is 9.82. The summed E-state index contributed by atoms with van der Waals surface area (Å²) in [5, 5.41) is 19.3. The SMILES string of the molecule is O=C(Cc1ccc(O)cc1)N1C[C@H](O)C[C@H]1C1CCCCC1. The second kappa shape index (κ2) is 6.69. The molecule has 2 N–H and O–H groups in total. The second-order valence-electron chi connectivity index (χ2n) is 6.74. The van der Waals surface area contributed by atoms with Crippen LogP contribution in [0.5, 0.6) is 5.75 Å². The van der Waals surface area contributed by atoms with E-state index in [1.807, 2.05) is 4.90 Å². The number of phenols is 1. The van der Waals surface area contributed by atoms with Gasteiger partial charge in [-0.3, -0.25) is 4.79 Å². The standard InChI is InChI=1S/C18H25NO3/c20-15-8-6-13(7-9-15)10-18(22)19-12-16(21)11-17(19)14-4-2-1-3-5-14/h6-9,14,16-17,20-21H,1-5,10-12H2/t16-,17+/m1/s1. The van der Waals surface area contributed by atoms with Crippen LogP contribution < -0.4 is 0 Å². The molecular weight excluding hydrogens is 278 g/mol. The van der Waals surface area contributed by atoms with E-state index in [1.54, 1.807) is 24.3 Å². The summed E-state index contributed by atoms with van der Waals surface area (Å²) in [7, 11) is 0. The number of benzene rings is 1. The van der Waals surface area contributed by atoms with Crippen LogP contribution in [-0.4, -0.2) is 39.7 Å². The van der Waals surface area contributed by atoms with Gasteiger partial charge in [0.2, 0.25) is 5.91 Å². The maximum absolute atomic E-state index is 12.7. The van der Waals surface area contributed by atoms with Crippen LogP contribution in [0.3, 0.4) is 0 Å². The van der Waals surface area contributed by atoms with Gasteiger partial charge in [-0.05, 0) is 42.9 Å². The van der Waals surface area contributed by atoms with Gasteiger partial charge in [-0.25, -0.2) is 0 Å². The molecule has 0 aromatic heterocycles. The van der Waals surface area contributed by atoms with Crippen LogP contribution in [0.15, 0.2) is 24.3 Å². The van der Waals surface area contributed by atoms with Crippen LogP contribution in [0.4, 0.5) is 0 Å². The average molecular weight is 303 g/mol. The summed E-state index contributed by atoms with van der Waals surface area (Å²) in [6.07, 6.45) is 6.85. The zero-order valence-corrected chi connectivity index (χ0v) is 12.9. The molecule has 0 unspecified atom stereocenters. The molecule has 0 bridgehead atoms. The van der Waals surface area contributed by atoms with Gasteiger partial charge >= 0.3 is 0 Å². The third-order valence-corrected chi connectivity index (χ3v) is 5.13. The molecule has 2 fully saturated rings. The molecule has 0 spiro atoms. The zero-order chi connectivity index (χ0) is 15.5. The normalized spacial score (nSPS) is 26.3. The number of likely N-dealkylation sites (tertiary alicyclic amines) is 1. The molecule has 4 heteroatoms. The third kappa shape index (κ3) is 3.43. The molecule has 1 saturated carbocycles. The van der Waals surface area contributed by atoms with Crippen LogP contribution in [-0.2, 0) is 11.2 Å². The number of aromatic hydroxyl groups is 1. The lowest BCUT2D eigenvalue weighted by Crippen LogP contribution is -2.41. The minimum Gasteiger partial charge on any atom is -0.508 e. The highest BCUT2D eigenvalue weighted by molar-refractivity contribution is 5.79. The van der Waals surface area contributed by atoms with Crippen molar-refractivity contribution in [2.24, 2.45) is 5.92 Å². The van der Waals surface area contributed by atoms with E-state index < -0.39 is 0 Å². The number of amides is 1. The van der Waals surface area contributed by atoms with Gasteiger partial charge in [-0.15, -0.1) is 0 Å². The van der Waals surface area contributed by atoms with Crippen molar-refractivity contribution in [3.05, 3.63) is 29.8 Å². The monoisotopic (exact) mass is 303 g/mol. The van der Waals surface area contributed by atoms with E-state index >= 15 is 0 Å². The van der Waals surface area contributed by atoms with Gasteiger partial charge in [-0.1, -0.05) is 31.4 Å². The van der Waals surface area contributed by atoms with E-state index in [0.717, 1.165) is 12.0 Å². The smallest absolute Gasteiger partial charge is 0.227 e. The number of β-amino-alcohol motifs (C(OH)–C–C–N with tert-alkyl or cyclic N) is 1. The minimum atomic E-state index is -0.379. The lowest BCUT2D eigenvalue weighted by Gasteiger charge is -2.34. The van der Waals surface area contributed by atoms with Crippen molar-refractivity contribution in [3.8, 4) is 5.75 Å². The van der Waals surface area contributed by atoms with Crippen LogP contribution in [0, 0.1) is 5.92 Å². The van der Waals surface area contributed by atoms with E-state index in [0.29, 0.717) is 18.9 Å². The lowest BCUT2D eigenvalue weighted by molar-refractivity contribution is -0.132. The number of carbonyl (C=O) groups is 1. The molecule has 0 radical (unpaired) electrons. The number of rotatable bonds is 3. The van der Waals surface area contributed by atoms with E-state index in [1.165, 1.54) is 32.1 Å². The van der Waals surface area contributed by atoms with Crippen LogP contribution in [0.1, 0.15) is 44.1 Å². The summed E-state index contributed by atoms with van der Waals surface area (Å²) in [5.41, 5.74) is 0.909. The number of aliphatic hydroxyl groups is 1. The summed E-state index contributed by atoms with van der Waals surface area (Å²) in [6, 6.07) is 7.00. The predicted octanol–water partition coefficient (Wildman–Crippen LogP) is 2.48. The molecule has 3 rings (SSSR count). The van der Waals surface area contributed by atoms with Gasteiger partial charge in [0, 0.05) is 12.6 Å². The number of phenolic OH excluding ortho intramolecular Hbond substituents is 1. The molecule has 1 aliphatic carbocycles. The minimum absolute atomic E-state index is 0.0952. The molecule has 1 heterocycles. The highest BCUT2D eigenvalue weighted by Gasteiger charge is 2.38. The topological polar surface area (TPSA) is 60.8 Å². The van der Waals surface area contributed by atoms with Gasteiger partial charge in [-0.2, -0.15) is 0 Å². The third-order valence-electron chi connectivity index (χ3n) is 5.13. The van der Waals surface area contributed by atoms with Gasteiger partial charge in [0.25, 0.3) is 0 Å². The highest BCUT2D eigenvalue weighted by atomic mass is 16.3. The van der Waals surface area contributed by atoms with E-state index in [4.69, 9.17) is 0 Å². The van der Waals surface area contributed by atoms with Crippen molar-refractivity contribution in [2.75, 3.05) is 6.54 Å². The summed E-state index contributed by atoms with van der Waals surface area (Å²) < 4.78 is 0. The maximum atomic E-state index is 12.7. The van der Waals surface area contributed by atoms with Crippen LogP contribution in [0.25, 0.3) is 0 Å². The number of nitrogens with zero attached hydrogens (tertiary/aromatic N) is 1. The fourth-order valence-electron chi connectivity index (χ4n) is 3.99. The first kappa shape index (κ1) is 15.3. The largest absolute Gasteiger partial charge is 0.508 e. The summed E-state index contributed by atoms with van der Waals surface area (Å²) in [5.74, 6) is 0.861. The molecule has 1 saturated heterocycles. The Bertz CT molecular complexity index is 508. The molecular formula is C18H25NO3. The number of hydrogen-bond donors (Lipinski definition) is 2. The first-order valence-electron chi connectivity index (χ1n) is 8.39. The van der Waals surface area contributed by atoms with E-state index in [2.05, 4.69) is 0 Å². The number of hydrogen-bond acceptors (Lipinski definition) is 3. The Morgan fingerprint density at radius 3 is 2.50 bits per heavy atom. The highest BCUT2D eigenvalue weighted by Crippen LogP contribution is 2.34. The molecule has 1 aromatic carbocycles. The zero-order valence-electron chi connectivity index (χ0n) is 12.9. The average Bonchev–Trinajstić information content (AvgIpc) is 2.92. The molecule has 1 aliphatic heterocycles. The van der Waals surface area contributed by atoms with Gasteiger partial charge in [0.1, 0.15) is 5.75 Å². The number of carbonyl (C=O) groups excluding carboxylic acids is 1. The van der Waals surface area contributed by atoms with Gasteiger partial charge in [0.15, 0.2) is 0 Å². The summed E-state index contributed by atoms with van der Waals surface area (Å²) >= 11 is 0. The Kier molecular flexibility index (Phi) is 4.67. The van der Waals surface area contributed by atoms with Crippen LogP contribution in [0.2, 0.25) is 0 Å². The van der Waals surface area contributed by atoms with Crippen molar-refractivity contribution in [1.29, 1.82) is 0 Å². The van der Waals surface area contributed by atoms with Crippen molar-refractivity contribution in [2.45, 2.75) is 57.1 Å². The Morgan fingerprint density at radius 2 is 1.82 bits per heavy atom. The molecule has 2 atom stereocenters. The first-order valence-corrected chi connectivity index (χ1v) is 8.39. The molecule has 4 nitrogen and oxygen atoms in total. The number of aliphatic hydroxyl groups excluding tert-OH is 1. The Morgan fingerprint density at radius 1 is 1.14 bits per heavy atom. The van der Waals surface area contributed by atoms with Gasteiger partial charge in [0.05, 0.1) is 12.5 Å². The quantitative estimate of drug-likeness (QED) is 0.902. The summed E-state index contributed by atoms with van der Waals surface area (Å²) in [4.78, 5) is 14.6. The first-order chi connectivity index (χ1) is 10.6. The molecule has 120 valence electrons. The van der Waals surface area contributed by atoms with E-state index in [-0.39, 0.29) is 23.8 Å². The van der Waals surface area contributed by atoms with Crippen molar-refractivity contribution in [1.82, 2.24) is 4.90 Å². The molecule has 2 aliphatic rings. The Labute approximate surface area is 131 Å². The molecule has 22 heavy (non-hydrogen) atoms.